The molecule has 1 aliphatic rings. The molecule has 3 nitrogen and oxygen atoms in total. The molecule has 2 heterocycles. The van der Waals surface area contributed by atoms with Crippen LogP contribution in [-0.4, -0.2) is 10.5 Å². The second-order valence-electron chi connectivity index (χ2n) is 5.90. The van der Waals surface area contributed by atoms with E-state index in [0.717, 1.165) is 17.0 Å². The van der Waals surface area contributed by atoms with E-state index in [1.807, 2.05) is 12.1 Å². The zero-order valence-corrected chi connectivity index (χ0v) is 14.1. The summed E-state index contributed by atoms with van der Waals surface area (Å²) in [7, 11) is 0. The van der Waals surface area contributed by atoms with E-state index in [1.54, 1.807) is 18.2 Å². The normalized spacial score (nSPS) is 15.6. The van der Waals surface area contributed by atoms with Gasteiger partial charge in [0.05, 0.1) is 27.0 Å². The SMILES string of the molecule is CC1=CC(C)(C)Nc2ccc(Oc3ccc(Cl)c(Cl)c3)nc21. The minimum Gasteiger partial charge on any atom is -0.439 e. The van der Waals surface area contributed by atoms with Crippen LogP contribution >= 0.6 is 23.2 Å². The van der Waals surface area contributed by atoms with Crippen molar-refractivity contribution in [2.45, 2.75) is 26.3 Å². The molecule has 0 spiro atoms. The van der Waals surface area contributed by atoms with Crippen LogP contribution in [0.5, 0.6) is 11.6 Å². The Labute approximate surface area is 139 Å². The van der Waals surface area contributed by atoms with Gasteiger partial charge >= 0.3 is 0 Å². The average Bonchev–Trinajstić information content (AvgIpc) is 2.43. The lowest BCUT2D eigenvalue weighted by atomic mass is 9.94. The van der Waals surface area contributed by atoms with E-state index < -0.39 is 0 Å². The maximum absolute atomic E-state index is 6.00. The van der Waals surface area contributed by atoms with Gasteiger partial charge in [0.15, 0.2) is 0 Å². The van der Waals surface area contributed by atoms with E-state index in [1.165, 1.54) is 0 Å². The first-order valence-electron chi connectivity index (χ1n) is 6.96. The van der Waals surface area contributed by atoms with Crippen LogP contribution in [0.4, 0.5) is 5.69 Å². The molecule has 0 unspecified atom stereocenters. The number of benzene rings is 1. The number of halogens is 2. The smallest absolute Gasteiger partial charge is 0.219 e. The van der Waals surface area contributed by atoms with Crippen LogP contribution in [0.3, 0.4) is 0 Å². The molecule has 0 amide bonds. The second-order valence-corrected chi connectivity index (χ2v) is 6.71. The van der Waals surface area contributed by atoms with Crippen LogP contribution < -0.4 is 10.1 Å². The first-order valence-corrected chi connectivity index (χ1v) is 7.72. The van der Waals surface area contributed by atoms with E-state index in [9.17, 15) is 0 Å². The van der Waals surface area contributed by atoms with Gasteiger partial charge in [0.2, 0.25) is 5.88 Å². The molecule has 1 aromatic carbocycles. The molecule has 22 heavy (non-hydrogen) atoms. The maximum atomic E-state index is 6.00. The van der Waals surface area contributed by atoms with Crippen molar-refractivity contribution in [2.24, 2.45) is 0 Å². The molecule has 0 fully saturated rings. The third-order valence-electron chi connectivity index (χ3n) is 3.39. The average molecular weight is 335 g/mol. The summed E-state index contributed by atoms with van der Waals surface area (Å²) in [5.74, 6) is 1.12. The molecule has 5 heteroatoms. The van der Waals surface area contributed by atoms with Crippen molar-refractivity contribution in [3.05, 3.63) is 52.1 Å². The van der Waals surface area contributed by atoms with Gasteiger partial charge in [0, 0.05) is 12.1 Å². The number of anilines is 1. The molecule has 2 aromatic rings. The summed E-state index contributed by atoms with van der Waals surface area (Å²) in [6.07, 6.45) is 2.16. The van der Waals surface area contributed by atoms with Gasteiger partial charge < -0.3 is 10.1 Å². The van der Waals surface area contributed by atoms with E-state index in [-0.39, 0.29) is 5.54 Å². The predicted molar refractivity (Wildman–Crippen MR) is 92.1 cm³/mol. The standard InChI is InChI=1S/C17H16Cl2N2O/c1-10-9-17(2,3)21-14-6-7-15(20-16(10)14)22-11-4-5-12(18)13(19)8-11/h4-9,21H,1-3H3. The van der Waals surface area contributed by atoms with Gasteiger partial charge in [-0.2, -0.15) is 0 Å². The lowest BCUT2D eigenvalue weighted by molar-refractivity contribution is 0.462. The molecule has 0 bridgehead atoms. The minimum absolute atomic E-state index is 0.0785. The van der Waals surface area contributed by atoms with Gasteiger partial charge in [-0.1, -0.05) is 29.3 Å². The Kier molecular flexibility index (Phi) is 3.79. The molecular weight excluding hydrogens is 319 g/mol. The van der Waals surface area contributed by atoms with Crippen LogP contribution in [0.1, 0.15) is 26.5 Å². The summed E-state index contributed by atoms with van der Waals surface area (Å²) >= 11 is 11.9. The van der Waals surface area contributed by atoms with Crippen molar-refractivity contribution >= 4 is 34.5 Å². The number of hydrogen-bond donors (Lipinski definition) is 1. The summed E-state index contributed by atoms with van der Waals surface area (Å²) in [5.41, 5.74) is 2.95. The first kappa shape index (κ1) is 15.2. The van der Waals surface area contributed by atoms with Crippen LogP contribution in [-0.2, 0) is 0 Å². The highest BCUT2D eigenvalue weighted by Crippen LogP contribution is 2.35. The zero-order chi connectivity index (χ0) is 15.9. The third-order valence-corrected chi connectivity index (χ3v) is 4.13. The highest BCUT2D eigenvalue weighted by Gasteiger charge is 2.23. The van der Waals surface area contributed by atoms with Crippen molar-refractivity contribution in [3.63, 3.8) is 0 Å². The fraction of sp³-hybridized carbons (Fsp3) is 0.235. The molecule has 0 aliphatic carbocycles. The highest BCUT2D eigenvalue weighted by atomic mass is 35.5. The molecule has 114 valence electrons. The van der Waals surface area contributed by atoms with Crippen LogP contribution in [0.2, 0.25) is 10.0 Å². The molecule has 1 aromatic heterocycles. The topological polar surface area (TPSA) is 34.1 Å². The molecule has 0 saturated heterocycles. The lowest BCUT2D eigenvalue weighted by Crippen LogP contribution is -2.31. The van der Waals surface area contributed by atoms with E-state index >= 15 is 0 Å². The number of nitrogens with zero attached hydrogens (tertiary/aromatic N) is 1. The van der Waals surface area contributed by atoms with Crippen molar-refractivity contribution in [3.8, 4) is 11.6 Å². The van der Waals surface area contributed by atoms with E-state index in [2.05, 4.69) is 37.1 Å². The van der Waals surface area contributed by atoms with Gasteiger partial charge in [0.25, 0.3) is 0 Å². The van der Waals surface area contributed by atoms with Gasteiger partial charge in [0.1, 0.15) is 5.75 Å². The Bertz CT molecular complexity index is 769. The number of rotatable bonds is 2. The quantitative estimate of drug-likeness (QED) is 0.754. The molecule has 0 saturated carbocycles. The van der Waals surface area contributed by atoms with Gasteiger partial charge in [-0.25, -0.2) is 4.98 Å². The van der Waals surface area contributed by atoms with Crippen LogP contribution in [0, 0.1) is 0 Å². The Morgan fingerprint density at radius 2 is 1.86 bits per heavy atom. The number of hydrogen-bond acceptors (Lipinski definition) is 3. The summed E-state index contributed by atoms with van der Waals surface area (Å²) in [6.45, 7) is 6.30. The fourth-order valence-corrected chi connectivity index (χ4v) is 2.84. The fourth-order valence-electron chi connectivity index (χ4n) is 2.55. The highest BCUT2D eigenvalue weighted by molar-refractivity contribution is 6.42. The number of allylic oxidation sites excluding steroid dienone is 1. The van der Waals surface area contributed by atoms with Crippen molar-refractivity contribution < 1.29 is 4.74 Å². The number of pyridine rings is 1. The number of fused-ring (bicyclic) bond motifs is 1. The number of nitrogens with one attached hydrogen (secondary N) is 1. The minimum atomic E-state index is -0.0785. The predicted octanol–water partition coefficient (Wildman–Crippen LogP) is 5.79. The molecule has 0 atom stereocenters. The molecule has 0 radical (unpaired) electrons. The lowest BCUT2D eigenvalue weighted by Gasteiger charge is -2.30. The molecule has 3 rings (SSSR count). The third kappa shape index (κ3) is 3.06. The van der Waals surface area contributed by atoms with Crippen molar-refractivity contribution in [1.29, 1.82) is 0 Å². The zero-order valence-electron chi connectivity index (χ0n) is 12.6. The van der Waals surface area contributed by atoms with Crippen molar-refractivity contribution in [2.75, 3.05) is 5.32 Å². The Hall–Kier alpha value is -1.71. The Morgan fingerprint density at radius 3 is 2.59 bits per heavy atom. The van der Waals surface area contributed by atoms with Crippen LogP contribution in [0.15, 0.2) is 36.4 Å². The monoisotopic (exact) mass is 334 g/mol. The van der Waals surface area contributed by atoms with Gasteiger partial charge in [-0.3, -0.25) is 0 Å². The summed E-state index contributed by atoms with van der Waals surface area (Å²) in [5, 5.41) is 4.39. The number of aromatic nitrogens is 1. The summed E-state index contributed by atoms with van der Waals surface area (Å²) < 4.78 is 5.77. The van der Waals surface area contributed by atoms with E-state index in [4.69, 9.17) is 27.9 Å². The van der Waals surface area contributed by atoms with E-state index in [0.29, 0.717) is 21.7 Å². The molecule has 1 aliphatic heterocycles. The summed E-state index contributed by atoms with van der Waals surface area (Å²) in [4.78, 5) is 4.58. The Morgan fingerprint density at radius 1 is 1.09 bits per heavy atom. The first-order chi connectivity index (χ1) is 10.3. The van der Waals surface area contributed by atoms with Crippen LogP contribution in [0.25, 0.3) is 5.57 Å². The molecular formula is C17H16Cl2N2O. The van der Waals surface area contributed by atoms with Crippen molar-refractivity contribution in [1.82, 2.24) is 4.98 Å². The van der Waals surface area contributed by atoms with Gasteiger partial charge in [-0.15, -0.1) is 0 Å². The Balaban J connectivity index is 1.91. The maximum Gasteiger partial charge on any atom is 0.219 e. The number of ether oxygens (including phenoxy) is 1. The summed E-state index contributed by atoms with van der Waals surface area (Å²) in [6, 6.07) is 8.96. The second kappa shape index (κ2) is 5.49. The largest absolute Gasteiger partial charge is 0.439 e. The van der Waals surface area contributed by atoms with Gasteiger partial charge in [-0.05, 0) is 44.5 Å². The molecule has 1 N–H and O–H groups in total.